The van der Waals surface area contributed by atoms with Crippen LogP contribution in [0.4, 0.5) is 0 Å². The number of amides is 1. The van der Waals surface area contributed by atoms with E-state index in [-0.39, 0.29) is 22.7 Å². The van der Waals surface area contributed by atoms with Gasteiger partial charge in [0.1, 0.15) is 5.58 Å². The molecular formula is C27H31ClN2O6. The second kappa shape index (κ2) is 10.8. The van der Waals surface area contributed by atoms with Gasteiger partial charge in [-0.25, -0.2) is 0 Å². The zero-order valence-corrected chi connectivity index (χ0v) is 22.0. The molecule has 8 nitrogen and oxygen atoms in total. The molecule has 3 aromatic rings. The summed E-state index contributed by atoms with van der Waals surface area (Å²) >= 11 is 6.18. The molecule has 0 radical (unpaired) electrons. The van der Waals surface area contributed by atoms with Crippen molar-refractivity contribution in [3.05, 3.63) is 62.5 Å². The molecule has 2 heterocycles. The summed E-state index contributed by atoms with van der Waals surface area (Å²) in [7, 11) is 4.58. The second-order valence-electron chi connectivity index (χ2n) is 8.55. The summed E-state index contributed by atoms with van der Waals surface area (Å²) in [5.41, 5.74) is 0.984. The normalized spacial score (nSPS) is 15.0. The molecule has 0 spiro atoms. The molecule has 0 aliphatic carbocycles. The first kappa shape index (κ1) is 25.9. The Hall–Kier alpha value is -3.23. The fourth-order valence-corrected chi connectivity index (χ4v) is 5.01. The molecule has 0 N–H and O–H groups in total. The quantitative estimate of drug-likeness (QED) is 0.386. The van der Waals surface area contributed by atoms with Crippen molar-refractivity contribution >= 4 is 28.5 Å². The molecule has 1 unspecified atom stereocenters. The largest absolute Gasteiger partial charge is 0.493 e. The molecule has 36 heavy (non-hydrogen) atoms. The monoisotopic (exact) mass is 514 g/mol. The Labute approximate surface area is 215 Å². The van der Waals surface area contributed by atoms with Crippen LogP contribution < -0.4 is 19.6 Å². The Morgan fingerprint density at radius 1 is 1.00 bits per heavy atom. The molecule has 1 amide bonds. The van der Waals surface area contributed by atoms with Gasteiger partial charge in [-0.1, -0.05) is 25.4 Å². The number of methoxy groups -OCH3 is 3. The highest BCUT2D eigenvalue weighted by Crippen LogP contribution is 2.45. The zero-order valence-electron chi connectivity index (χ0n) is 21.2. The lowest BCUT2D eigenvalue weighted by Crippen LogP contribution is -2.33. The van der Waals surface area contributed by atoms with Crippen LogP contribution in [0.25, 0.3) is 11.0 Å². The maximum atomic E-state index is 13.8. The van der Waals surface area contributed by atoms with E-state index in [2.05, 4.69) is 18.7 Å². The van der Waals surface area contributed by atoms with Crippen molar-refractivity contribution < 1.29 is 23.4 Å². The summed E-state index contributed by atoms with van der Waals surface area (Å²) in [6.45, 7) is 7.34. The van der Waals surface area contributed by atoms with Gasteiger partial charge in [-0.05, 0) is 62.0 Å². The number of carbonyl (C=O) groups excluding carboxylic acids is 1. The van der Waals surface area contributed by atoms with Crippen LogP contribution in [-0.4, -0.2) is 63.2 Å². The third-order valence-corrected chi connectivity index (χ3v) is 6.93. The summed E-state index contributed by atoms with van der Waals surface area (Å²) < 4.78 is 22.6. The van der Waals surface area contributed by atoms with Crippen molar-refractivity contribution in [2.24, 2.45) is 0 Å². The highest BCUT2D eigenvalue weighted by atomic mass is 35.5. The number of carbonyl (C=O) groups is 1. The Morgan fingerprint density at radius 2 is 1.67 bits per heavy atom. The first-order chi connectivity index (χ1) is 17.4. The Kier molecular flexibility index (Phi) is 7.76. The van der Waals surface area contributed by atoms with E-state index in [0.29, 0.717) is 45.3 Å². The van der Waals surface area contributed by atoms with E-state index in [9.17, 15) is 9.59 Å². The van der Waals surface area contributed by atoms with Gasteiger partial charge in [0.25, 0.3) is 5.91 Å². The summed E-state index contributed by atoms with van der Waals surface area (Å²) in [5, 5.41) is 0.746. The number of benzene rings is 2. The van der Waals surface area contributed by atoms with Crippen LogP contribution in [0.15, 0.2) is 39.5 Å². The van der Waals surface area contributed by atoms with Gasteiger partial charge >= 0.3 is 0 Å². The molecular weight excluding hydrogens is 484 g/mol. The Morgan fingerprint density at radius 3 is 2.25 bits per heavy atom. The third kappa shape index (κ3) is 4.51. The van der Waals surface area contributed by atoms with E-state index < -0.39 is 6.04 Å². The van der Waals surface area contributed by atoms with Gasteiger partial charge in [0.05, 0.1) is 38.3 Å². The molecule has 1 atom stereocenters. The molecule has 4 rings (SSSR count). The lowest BCUT2D eigenvalue weighted by Gasteiger charge is -2.27. The smallest absolute Gasteiger partial charge is 0.290 e. The summed E-state index contributed by atoms with van der Waals surface area (Å²) in [5.74, 6) is 1.03. The standard InChI is InChI=1S/C27H31ClN2O6/c1-6-29(7-2)11-8-12-30-23(16-13-20(33-3)25(35-5)21(14-16)34-4)22-24(31)18-15-17(28)9-10-19(18)36-26(22)27(30)32/h9-10,13-15,23H,6-8,11-12H2,1-5H3. The second-order valence-corrected chi connectivity index (χ2v) is 8.99. The van der Waals surface area contributed by atoms with E-state index in [1.165, 1.54) is 21.3 Å². The number of hydrogen-bond acceptors (Lipinski definition) is 7. The van der Waals surface area contributed by atoms with Crippen molar-refractivity contribution in [3.63, 3.8) is 0 Å². The van der Waals surface area contributed by atoms with E-state index >= 15 is 0 Å². The van der Waals surface area contributed by atoms with Crippen LogP contribution in [0.5, 0.6) is 17.2 Å². The number of hydrogen-bond donors (Lipinski definition) is 0. The number of halogens is 1. The van der Waals surface area contributed by atoms with E-state index in [0.717, 1.165) is 26.1 Å². The minimum absolute atomic E-state index is 0.0522. The summed E-state index contributed by atoms with van der Waals surface area (Å²) in [4.78, 5) is 31.4. The molecule has 0 saturated carbocycles. The van der Waals surface area contributed by atoms with Crippen LogP contribution in [0.2, 0.25) is 5.02 Å². The van der Waals surface area contributed by atoms with Crippen molar-refractivity contribution in [1.82, 2.24) is 9.80 Å². The van der Waals surface area contributed by atoms with Crippen LogP contribution in [0.3, 0.4) is 0 Å². The minimum Gasteiger partial charge on any atom is -0.493 e. The van der Waals surface area contributed by atoms with Crippen LogP contribution in [0.1, 0.15) is 48.0 Å². The Balaban J connectivity index is 1.89. The molecule has 0 saturated heterocycles. The molecule has 1 aliphatic heterocycles. The third-order valence-electron chi connectivity index (χ3n) is 6.70. The first-order valence-electron chi connectivity index (χ1n) is 12.0. The SMILES string of the molecule is CCN(CC)CCCN1C(=O)c2oc3ccc(Cl)cc3c(=O)c2C1c1cc(OC)c(OC)c(OC)c1. The molecule has 0 fully saturated rings. The predicted molar refractivity (Wildman–Crippen MR) is 139 cm³/mol. The molecule has 0 bridgehead atoms. The average molecular weight is 515 g/mol. The summed E-state index contributed by atoms with van der Waals surface area (Å²) in [6, 6.07) is 7.68. The van der Waals surface area contributed by atoms with E-state index in [1.54, 1.807) is 35.2 Å². The van der Waals surface area contributed by atoms with Gasteiger partial charge in [0, 0.05) is 11.6 Å². The van der Waals surface area contributed by atoms with E-state index in [1.807, 2.05) is 0 Å². The molecule has 1 aliphatic rings. The Bertz CT molecular complexity index is 1310. The first-order valence-corrected chi connectivity index (χ1v) is 12.4. The molecule has 192 valence electrons. The van der Waals surface area contributed by atoms with Crippen LogP contribution in [-0.2, 0) is 0 Å². The van der Waals surface area contributed by atoms with Crippen molar-refractivity contribution in [2.45, 2.75) is 26.3 Å². The highest BCUT2D eigenvalue weighted by molar-refractivity contribution is 6.31. The average Bonchev–Trinajstić information content (AvgIpc) is 3.17. The van der Waals surface area contributed by atoms with Gasteiger partial charge in [0.2, 0.25) is 11.5 Å². The van der Waals surface area contributed by atoms with Crippen LogP contribution in [0, 0.1) is 0 Å². The zero-order chi connectivity index (χ0) is 26.0. The van der Waals surface area contributed by atoms with E-state index in [4.69, 9.17) is 30.2 Å². The van der Waals surface area contributed by atoms with Gasteiger partial charge in [-0.15, -0.1) is 0 Å². The van der Waals surface area contributed by atoms with Crippen molar-refractivity contribution in [2.75, 3.05) is 47.5 Å². The maximum Gasteiger partial charge on any atom is 0.290 e. The molecule has 1 aromatic heterocycles. The van der Waals surface area contributed by atoms with Gasteiger partial charge in [-0.3, -0.25) is 9.59 Å². The molecule has 2 aromatic carbocycles. The van der Waals surface area contributed by atoms with Gasteiger partial charge < -0.3 is 28.4 Å². The predicted octanol–water partition coefficient (Wildman–Crippen LogP) is 4.75. The fourth-order valence-electron chi connectivity index (χ4n) is 4.83. The lowest BCUT2D eigenvalue weighted by molar-refractivity contribution is 0.0719. The fraction of sp³-hybridized carbons (Fsp3) is 0.407. The van der Waals surface area contributed by atoms with Crippen molar-refractivity contribution in [3.8, 4) is 17.2 Å². The van der Waals surface area contributed by atoms with Gasteiger partial charge in [-0.2, -0.15) is 0 Å². The topological polar surface area (TPSA) is 81.5 Å². The number of ether oxygens (including phenoxy) is 3. The van der Waals surface area contributed by atoms with Crippen molar-refractivity contribution in [1.29, 1.82) is 0 Å². The lowest BCUT2D eigenvalue weighted by atomic mass is 9.97. The maximum absolute atomic E-state index is 13.8. The summed E-state index contributed by atoms with van der Waals surface area (Å²) in [6.07, 6.45) is 0.738. The molecule has 9 heteroatoms. The number of fused-ring (bicyclic) bond motifs is 2. The number of nitrogens with zero attached hydrogens (tertiary/aromatic N) is 2. The number of rotatable bonds is 10. The van der Waals surface area contributed by atoms with Gasteiger partial charge in [0.15, 0.2) is 16.9 Å². The van der Waals surface area contributed by atoms with Crippen LogP contribution >= 0.6 is 11.6 Å². The highest BCUT2D eigenvalue weighted by Gasteiger charge is 2.43. The minimum atomic E-state index is -0.683.